The molecule has 3 aromatic rings. The molecular weight excluding hydrogens is 412 g/mol. The lowest BCUT2D eigenvalue weighted by atomic mass is 9.69. The smallest absolute Gasteiger partial charge is 0.173 e. The second kappa shape index (κ2) is 6.84. The van der Waals surface area contributed by atoms with Crippen LogP contribution in [0.4, 0.5) is 0 Å². The van der Waals surface area contributed by atoms with Gasteiger partial charge in [-0.2, -0.15) is 0 Å². The van der Waals surface area contributed by atoms with Gasteiger partial charge in [0.15, 0.2) is 5.78 Å². The number of ketones is 1. The topological polar surface area (TPSA) is 37.3 Å². The highest BCUT2D eigenvalue weighted by atomic mass is 79.9. The lowest BCUT2D eigenvalue weighted by Crippen LogP contribution is -2.43. The highest BCUT2D eigenvalue weighted by Crippen LogP contribution is 2.59. The number of benzene rings is 3. The largest absolute Gasteiger partial charge is 0.379 e. The van der Waals surface area contributed by atoms with E-state index in [0.29, 0.717) is 16.7 Å². The van der Waals surface area contributed by atoms with E-state index in [1.54, 1.807) is 0 Å². The Labute approximate surface area is 173 Å². The molecule has 0 aromatic heterocycles. The number of carbonyl (C=O) groups is 1. The van der Waals surface area contributed by atoms with Gasteiger partial charge in [-0.05, 0) is 42.7 Å². The fourth-order valence-electron chi connectivity index (χ4n) is 4.12. The maximum absolute atomic E-state index is 13.6. The maximum atomic E-state index is 13.6. The minimum atomic E-state index is -1.45. The minimum Gasteiger partial charge on any atom is -0.379 e. The van der Waals surface area contributed by atoms with Gasteiger partial charge in [0.1, 0.15) is 5.60 Å². The van der Waals surface area contributed by atoms with E-state index in [4.69, 9.17) is 0 Å². The van der Waals surface area contributed by atoms with Crippen LogP contribution in [0, 0.1) is 5.41 Å². The number of hydrogen-bond donors (Lipinski definition) is 1. The van der Waals surface area contributed by atoms with E-state index in [1.807, 2.05) is 98.8 Å². The van der Waals surface area contributed by atoms with E-state index in [2.05, 4.69) is 15.9 Å². The van der Waals surface area contributed by atoms with Crippen LogP contribution >= 0.6 is 15.9 Å². The van der Waals surface area contributed by atoms with Gasteiger partial charge in [0.25, 0.3) is 0 Å². The molecule has 2 nitrogen and oxygen atoms in total. The molecule has 1 N–H and O–H groups in total. The summed E-state index contributed by atoms with van der Waals surface area (Å²) in [6.07, 6.45) is 0. The molecule has 0 heterocycles. The summed E-state index contributed by atoms with van der Waals surface area (Å²) >= 11 is 3.46. The molecular formula is C25H21BrO2. The number of halogens is 1. The minimum absolute atomic E-state index is 0.0528. The third-order valence-corrected chi connectivity index (χ3v) is 6.23. The molecule has 0 amide bonds. The molecule has 0 spiro atoms. The molecule has 4 rings (SSSR count). The zero-order chi connectivity index (χ0) is 19.9. The molecule has 0 saturated heterocycles. The summed E-state index contributed by atoms with van der Waals surface area (Å²) in [6.45, 7) is 3.66. The Kier molecular flexibility index (Phi) is 4.60. The zero-order valence-electron chi connectivity index (χ0n) is 15.8. The lowest BCUT2D eigenvalue weighted by Gasteiger charge is -2.38. The van der Waals surface area contributed by atoms with Gasteiger partial charge in [0.2, 0.25) is 0 Å². The Morgan fingerprint density at radius 2 is 1.25 bits per heavy atom. The Morgan fingerprint density at radius 1 is 0.750 bits per heavy atom. The van der Waals surface area contributed by atoms with Crippen molar-refractivity contribution in [2.45, 2.75) is 19.4 Å². The van der Waals surface area contributed by atoms with E-state index in [1.165, 1.54) is 0 Å². The van der Waals surface area contributed by atoms with Crippen molar-refractivity contribution in [3.8, 4) is 0 Å². The molecule has 28 heavy (non-hydrogen) atoms. The third-order valence-electron chi connectivity index (χ3n) is 5.70. The molecule has 0 fully saturated rings. The molecule has 1 unspecified atom stereocenters. The van der Waals surface area contributed by atoms with Crippen molar-refractivity contribution in [2.24, 2.45) is 5.41 Å². The molecule has 1 atom stereocenters. The number of carbonyl (C=O) groups excluding carboxylic acids is 1. The highest BCUT2D eigenvalue weighted by Gasteiger charge is 2.59. The van der Waals surface area contributed by atoms with Crippen LogP contribution in [0.1, 0.15) is 30.5 Å². The van der Waals surface area contributed by atoms with Crippen LogP contribution in [0.5, 0.6) is 0 Å². The van der Waals surface area contributed by atoms with Gasteiger partial charge in [-0.25, -0.2) is 0 Å². The predicted octanol–water partition coefficient (Wildman–Crippen LogP) is 5.86. The summed E-state index contributed by atoms with van der Waals surface area (Å²) in [7, 11) is 0. The normalized spacial score (nSPS) is 21.2. The second-order valence-corrected chi connectivity index (χ2v) is 8.57. The van der Waals surface area contributed by atoms with Crippen LogP contribution in [0.2, 0.25) is 0 Å². The van der Waals surface area contributed by atoms with E-state index < -0.39 is 11.0 Å². The van der Waals surface area contributed by atoms with Crippen molar-refractivity contribution in [3.05, 3.63) is 106 Å². The van der Waals surface area contributed by atoms with Crippen LogP contribution in [0.25, 0.3) is 11.1 Å². The van der Waals surface area contributed by atoms with Crippen molar-refractivity contribution in [3.63, 3.8) is 0 Å². The fourth-order valence-corrected chi connectivity index (χ4v) is 4.38. The SMILES string of the molecule is CC1(C)C(=O)C(c2ccccc2)=C(c2ccccc2)C1(O)c1ccc(Br)cc1. The van der Waals surface area contributed by atoms with Crippen molar-refractivity contribution < 1.29 is 9.90 Å². The summed E-state index contributed by atoms with van der Waals surface area (Å²) < 4.78 is 0.926. The van der Waals surface area contributed by atoms with Crippen molar-refractivity contribution in [1.82, 2.24) is 0 Å². The van der Waals surface area contributed by atoms with Gasteiger partial charge in [-0.1, -0.05) is 88.7 Å². The van der Waals surface area contributed by atoms with E-state index in [-0.39, 0.29) is 5.78 Å². The number of aliphatic hydroxyl groups is 1. The van der Waals surface area contributed by atoms with Gasteiger partial charge in [0, 0.05) is 15.6 Å². The van der Waals surface area contributed by atoms with Gasteiger partial charge < -0.3 is 5.11 Å². The molecule has 0 radical (unpaired) electrons. The maximum Gasteiger partial charge on any atom is 0.173 e. The number of allylic oxidation sites excluding steroid dienone is 1. The van der Waals surface area contributed by atoms with Crippen molar-refractivity contribution >= 4 is 32.9 Å². The van der Waals surface area contributed by atoms with Gasteiger partial charge in [-0.15, -0.1) is 0 Å². The summed E-state index contributed by atoms with van der Waals surface area (Å²) in [6, 6.07) is 26.9. The van der Waals surface area contributed by atoms with Crippen molar-refractivity contribution in [2.75, 3.05) is 0 Å². The van der Waals surface area contributed by atoms with Crippen molar-refractivity contribution in [1.29, 1.82) is 0 Å². The summed E-state index contributed by atoms with van der Waals surface area (Å²) in [5.74, 6) is -0.0528. The lowest BCUT2D eigenvalue weighted by molar-refractivity contribution is -0.129. The number of rotatable bonds is 3. The van der Waals surface area contributed by atoms with Crippen LogP contribution in [0.15, 0.2) is 89.4 Å². The molecule has 0 bridgehead atoms. The molecule has 0 aliphatic heterocycles. The summed E-state index contributed by atoms with van der Waals surface area (Å²) in [5, 5.41) is 12.2. The van der Waals surface area contributed by atoms with E-state index in [9.17, 15) is 9.90 Å². The standard InChI is InChI=1S/C25H21BrO2/c1-24(2)23(27)21(17-9-5-3-6-10-17)22(18-11-7-4-8-12-18)25(24,28)19-13-15-20(26)16-14-19/h3-16,28H,1-2H3. The van der Waals surface area contributed by atoms with Crippen LogP contribution in [0.3, 0.4) is 0 Å². The van der Waals surface area contributed by atoms with Crippen LogP contribution < -0.4 is 0 Å². The second-order valence-electron chi connectivity index (χ2n) is 7.65. The molecule has 0 saturated carbocycles. The first-order valence-corrected chi connectivity index (χ1v) is 10.1. The molecule has 3 aromatic carbocycles. The monoisotopic (exact) mass is 432 g/mol. The first kappa shape index (κ1) is 18.9. The first-order valence-electron chi connectivity index (χ1n) is 9.26. The number of hydrogen-bond acceptors (Lipinski definition) is 2. The van der Waals surface area contributed by atoms with Crippen LogP contribution in [-0.2, 0) is 10.4 Å². The summed E-state index contributed by atoms with van der Waals surface area (Å²) in [4.78, 5) is 13.6. The molecule has 140 valence electrons. The van der Waals surface area contributed by atoms with Gasteiger partial charge in [0.05, 0.1) is 5.41 Å². The average Bonchev–Trinajstić information content (AvgIpc) is 2.88. The number of Topliss-reactive ketones (excluding diaryl/α,β-unsaturated/α-hetero) is 1. The fraction of sp³-hybridized carbons (Fsp3) is 0.160. The van der Waals surface area contributed by atoms with Crippen LogP contribution in [-0.4, -0.2) is 10.9 Å². The quantitative estimate of drug-likeness (QED) is 0.562. The molecule has 1 aliphatic rings. The van der Waals surface area contributed by atoms with E-state index >= 15 is 0 Å². The average molecular weight is 433 g/mol. The third kappa shape index (κ3) is 2.69. The van der Waals surface area contributed by atoms with E-state index in [0.717, 1.165) is 15.6 Å². The Bertz CT molecular complexity index is 1050. The zero-order valence-corrected chi connectivity index (χ0v) is 17.4. The highest BCUT2D eigenvalue weighted by molar-refractivity contribution is 9.10. The Balaban J connectivity index is 2.09. The first-order chi connectivity index (χ1) is 13.4. The Morgan fingerprint density at radius 3 is 1.79 bits per heavy atom. The summed E-state index contributed by atoms with van der Waals surface area (Å²) in [5.41, 5.74) is 1.17. The predicted molar refractivity (Wildman–Crippen MR) is 117 cm³/mol. The van der Waals surface area contributed by atoms with Gasteiger partial charge >= 0.3 is 0 Å². The van der Waals surface area contributed by atoms with Gasteiger partial charge in [-0.3, -0.25) is 4.79 Å². The molecule has 3 heteroatoms. The Hall–Kier alpha value is -2.49. The molecule has 1 aliphatic carbocycles.